The topological polar surface area (TPSA) is 40.5 Å². The molecule has 1 aliphatic heterocycles. The molecule has 1 fully saturated rings. The van der Waals surface area contributed by atoms with Crippen molar-refractivity contribution in [3.05, 3.63) is 46.2 Å². The Balaban J connectivity index is 1.80. The Bertz CT molecular complexity index is 639. The van der Waals surface area contributed by atoms with Gasteiger partial charge in [0.25, 0.3) is 5.91 Å². The lowest BCUT2D eigenvalue weighted by Gasteiger charge is -2.31. The minimum atomic E-state index is 0.127. The number of aryl methyl sites for hydroxylation is 1. The first kappa shape index (κ1) is 15.3. The van der Waals surface area contributed by atoms with Crippen LogP contribution in [0.4, 0.5) is 0 Å². The average molecular weight is 315 g/mol. The maximum Gasteiger partial charge on any atom is 0.264 e. The van der Waals surface area contributed by atoms with Crippen molar-refractivity contribution in [1.82, 2.24) is 4.90 Å². The van der Waals surface area contributed by atoms with Crippen LogP contribution in [0.5, 0.6) is 0 Å². The summed E-state index contributed by atoms with van der Waals surface area (Å²) in [4.78, 5) is 15.5. The van der Waals surface area contributed by atoms with Gasteiger partial charge in [0.1, 0.15) is 0 Å². The molecular formula is C18H21NO2S. The van der Waals surface area contributed by atoms with Crippen LogP contribution in [-0.2, 0) is 0 Å². The summed E-state index contributed by atoms with van der Waals surface area (Å²) >= 11 is 1.52. The molecule has 3 rings (SSSR count). The lowest BCUT2D eigenvalue weighted by atomic mass is 9.97. The van der Waals surface area contributed by atoms with Gasteiger partial charge in [-0.15, -0.1) is 11.3 Å². The fourth-order valence-electron chi connectivity index (χ4n) is 2.90. The smallest absolute Gasteiger partial charge is 0.264 e. The summed E-state index contributed by atoms with van der Waals surface area (Å²) in [5.41, 5.74) is 3.35. The van der Waals surface area contributed by atoms with Gasteiger partial charge in [-0.05, 0) is 42.7 Å². The molecule has 1 aromatic carbocycles. The molecule has 1 aliphatic rings. The van der Waals surface area contributed by atoms with E-state index < -0.39 is 0 Å². The minimum Gasteiger partial charge on any atom is -0.396 e. The number of benzene rings is 1. The Morgan fingerprint density at radius 1 is 1.23 bits per heavy atom. The van der Waals surface area contributed by atoms with E-state index in [0.29, 0.717) is 5.92 Å². The maximum absolute atomic E-state index is 12.8. The van der Waals surface area contributed by atoms with Crippen LogP contribution < -0.4 is 0 Å². The zero-order valence-corrected chi connectivity index (χ0v) is 13.6. The Hall–Kier alpha value is -1.65. The van der Waals surface area contributed by atoms with Gasteiger partial charge in [-0.25, -0.2) is 0 Å². The summed E-state index contributed by atoms with van der Waals surface area (Å²) in [6.45, 7) is 3.79. The molecular weight excluding hydrogens is 294 g/mol. The SMILES string of the molecule is Cc1ccc(-c2ccsc2C(=O)N2CCC(CO)CC2)cc1. The number of carbonyl (C=O) groups excluding carboxylic acids is 1. The second kappa shape index (κ2) is 6.63. The molecule has 2 aromatic rings. The largest absolute Gasteiger partial charge is 0.396 e. The molecule has 0 saturated carbocycles. The van der Waals surface area contributed by atoms with Crippen molar-refractivity contribution in [2.45, 2.75) is 19.8 Å². The fraction of sp³-hybridized carbons (Fsp3) is 0.389. The molecule has 3 nitrogen and oxygen atoms in total. The van der Waals surface area contributed by atoms with Crippen molar-refractivity contribution in [3.63, 3.8) is 0 Å². The molecule has 1 amide bonds. The number of carbonyl (C=O) groups is 1. The van der Waals surface area contributed by atoms with Crippen LogP contribution in [0.1, 0.15) is 28.1 Å². The number of hydrogen-bond acceptors (Lipinski definition) is 3. The van der Waals surface area contributed by atoms with Gasteiger partial charge in [0.2, 0.25) is 0 Å². The molecule has 22 heavy (non-hydrogen) atoms. The Labute approximate surface area is 135 Å². The summed E-state index contributed by atoms with van der Waals surface area (Å²) in [6, 6.07) is 10.3. The summed E-state index contributed by atoms with van der Waals surface area (Å²) in [5.74, 6) is 0.478. The molecule has 1 saturated heterocycles. The zero-order valence-electron chi connectivity index (χ0n) is 12.8. The normalized spacial score (nSPS) is 16.0. The highest BCUT2D eigenvalue weighted by Gasteiger charge is 2.25. The molecule has 0 radical (unpaired) electrons. The van der Waals surface area contributed by atoms with E-state index in [1.807, 2.05) is 16.3 Å². The number of likely N-dealkylation sites (tertiary alicyclic amines) is 1. The highest BCUT2D eigenvalue weighted by atomic mass is 32.1. The maximum atomic E-state index is 12.8. The molecule has 0 unspecified atom stereocenters. The molecule has 1 N–H and O–H groups in total. The zero-order chi connectivity index (χ0) is 15.5. The predicted octanol–water partition coefficient (Wildman–Crippen LogP) is 3.57. The molecule has 1 aromatic heterocycles. The van der Waals surface area contributed by atoms with E-state index in [4.69, 9.17) is 0 Å². The van der Waals surface area contributed by atoms with E-state index in [0.717, 1.165) is 41.9 Å². The van der Waals surface area contributed by atoms with Crippen LogP contribution >= 0.6 is 11.3 Å². The third kappa shape index (κ3) is 3.08. The summed E-state index contributed by atoms with van der Waals surface area (Å²) < 4.78 is 0. The second-order valence-corrected chi connectivity index (χ2v) is 6.86. The highest BCUT2D eigenvalue weighted by Crippen LogP contribution is 2.30. The Kier molecular flexibility index (Phi) is 4.60. The van der Waals surface area contributed by atoms with Gasteiger partial charge in [-0.1, -0.05) is 29.8 Å². The van der Waals surface area contributed by atoms with Crippen LogP contribution in [0.2, 0.25) is 0 Å². The van der Waals surface area contributed by atoms with Gasteiger partial charge in [0, 0.05) is 25.3 Å². The van der Waals surface area contributed by atoms with Gasteiger partial charge in [0.05, 0.1) is 4.88 Å². The molecule has 116 valence electrons. The minimum absolute atomic E-state index is 0.127. The summed E-state index contributed by atoms with van der Waals surface area (Å²) in [5, 5.41) is 11.2. The van der Waals surface area contributed by atoms with Gasteiger partial charge >= 0.3 is 0 Å². The third-order valence-electron chi connectivity index (χ3n) is 4.38. The number of thiophene rings is 1. The lowest BCUT2D eigenvalue weighted by Crippen LogP contribution is -2.39. The number of amides is 1. The van der Waals surface area contributed by atoms with Crippen LogP contribution in [0.25, 0.3) is 11.1 Å². The van der Waals surface area contributed by atoms with Gasteiger partial charge in [-0.2, -0.15) is 0 Å². The number of aliphatic hydroxyl groups excluding tert-OH is 1. The molecule has 0 atom stereocenters. The van der Waals surface area contributed by atoms with Crippen LogP contribution in [-0.4, -0.2) is 35.6 Å². The molecule has 0 bridgehead atoms. The standard InChI is InChI=1S/C18H21NO2S/c1-13-2-4-15(5-3-13)16-8-11-22-17(16)18(21)19-9-6-14(12-20)7-10-19/h2-5,8,11,14,20H,6-7,9-10,12H2,1H3. The highest BCUT2D eigenvalue weighted by molar-refractivity contribution is 7.12. The number of hydrogen-bond donors (Lipinski definition) is 1. The summed E-state index contributed by atoms with van der Waals surface area (Å²) in [6.07, 6.45) is 1.79. The Morgan fingerprint density at radius 2 is 1.91 bits per heavy atom. The monoisotopic (exact) mass is 315 g/mol. The lowest BCUT2D eigenvalue weighted by molar-refractivity contribution is 0.0656. The summed E-state index contributed by atoms with van der Waals surface area (Å²) in [7, 11) is 0. The van der Waals surface area contributed by atoms with E-state index >= 15 is 0 Å². The quantitative estimate of drug-likeness (QED) is 0.940. The van der Waals surface area contributed by atoms with Crippen molar-refractivity contribution in [1.29, 1.82) is 0 Å². The van der Waals surface area contributed by atoms with Gasteiger partial charge in [-0.3, -0.25) is 4.79 Å². The van der Waals surface area contributed by atoms with Crippen molar-refractivity contribution in [2.24, 2.45) is 5.92 Å². The van der Waals surface area contributed by atoms with Gasteiger partial charge < -0.3 is 10.0 Å². The number of aliphatic hydroxyl groups is 1. The van der Waals surface area contributed by atoms with E-state index in [1.165, 1.54) is 16.9 Å². The van der Waals surface area contributed by atoms with Crippen molar-refractivity contribution in [2.75, 3.05) is 19.7 Å². The van der Waals surface area contributed by atoms with Crippen LogP contribution in [0.3, 0.4) is 0 Å². The number of rotatable bonds is 3. The van der Waals surface area contributed by atoms with E-state index in [1.54, 1.807) is 0 Å². The molecule has 0 aliphatic carbocycles. The fourth-order valence-corrected chi connectivity index (χ4v) is 3.78. The molecule has 0 spiro atoms. The van der Waals surface area contributed by atoms with Gasteiger partial charge in [0.15, 0.2) is 0 Å². The first-order valence-electron chi connectivity index (χ1n) is 7.73. The first-order valence-corrected chi connectivity index (χ1v) is 8.61. The third-order valence-corrected chi connectivity index (χ3v) is 5.28. The molecule has 4 heteroatoms. The number of nitrogens with zero attached hydrogens (tertiary/aromatic N) is 1. The van der Waals surface area contributed by atoms with E-state index in [-0.39, 0.29) is 12.5 Å². The van der Waals surface area contributed by atoms with Crippen LogP contribution in [0.15, 0.2) is 35.7 Å². The molecule has 2 heterocycles. The van der Waals surface area contributed by atoms with Crippen molar-refractivity contribution >= 4 is 17.2 Å². The Morgan fingerprint density at radius 3 is 2.55 bits per heavy atom. The second-order valence-electron chi connectivity index (χ2n) is 5.95. The van der Waals surface area contributed by atoms with Crippen molar-refractivity contribution < 1.29 is 9.90 Å². The first-order chi connectivity index (χ1) is 10.7. The van der Waals surface area contributed by atoms with E-state index in [9.17, 15) is 9.90 Å². The van der Waals surface area contributed by atoms with Crippen molar-refractivity contribution in [3.8, 4) is 11.1 Å². The van der Waals surface area contributed by atoms with Crippen LogP contribution in [0, 0.1) is 12.8 Å². The average Bonchev–Trinajstić information content (AvgIpc) is 3.04. The predicted molar refractivity (Wildman–Crippen MR) is 90.2 cm³/mol. The van der Waals surface area contributed by atoms with E-state index in [2.05, 4.69) is 31.2 Å². The number of piperidine rings is 1.